The van der Waals surface area contributed by atoms with Crippen molar-refractivity contribution in [2.45, 2.75) is 13.5 Å². The first-order chi connectivity index (χ1) is 10.1. The third-order valence-electron chi connectivity index (χ3n) is 3.22. The number of hydrogen-bond donors (Lipinski definition) is 1. The van der Waals surface area contributed by atoms with E-state index >= 15 is 0 Å². The lowest BCUT2D eigenvalue weighted by Crippen LogP contribution is -2.03. The van der Waals surface area contributed by atoms with E-state index in [-0.39, 0.29) is 10.6 Å². The van der Waals surface area contributed by atoms with Crippen molar-refractivity contribution in [2.75, 3.05) is 5.32 Å². The van der Waals surface area contributed by atoms with Gasteiger partial charge in [0.15, 0.2) is 5.52 Å². The van der Waals surface area contributed by atoms with Gasteiger partial charge in [0.2, 0.25) is 0 Å². The van der Waals surface area contributed by atoms with Crippen LogP contribution >= 0.6 is 11.3 Å². The van der Waals surface area contributed by atoms with E-state index in [2.05, 4.69) is 16.4 Å². The van der Waals surface area contributed by atoms with E-state index in [0.29, 0.717) is 17.7 Å². The minimum atomic E-state index is -0.374. The van der Waals surface area contributed by atoms with E-state index in [9.17, 15) is 10.1 Å². The zero-order valence-electron chi connectivity index (χ0n) is 11.4. The molecule has 0 amide bonds. The Morgan fingerprint density at radius 2 is 2.19 bits per heavy atom. The first-order valence-corrected chi connectivity index (χ1v) is 7.33. The van der Waals surface area contributed by atoms with Crippen LogP contribution < -0.4 is 5.32 Å². The van der Waals surface area contributed by atoms with Crippen LogP contribution in [0.25, 0.3) is 10.2 Å². The number of benzene rings is 2. The molecule has 1 heterocycles. The molecule has 1 aromatic heterocycles. The van der Waals surface area contributed by atoms with Crippen molar-refractivity contribution < 1.29 is 4.92 Å². The maximum absolute atomic E-state index is 11.3. The molecule has 1 N–H and O–H groups in total. The molecule has 0 radical (unpaired) electrons. The molecule has 0 saturated heterocycles. The number of aromatic nitrogens is 1. The second-order valence-electron chi connectivity index (χ2n) is 4.76. The van der Waals surface area contributed by atoms with Gasteiger partial charge in [0.25, 0.3) is 0 Å². The highest BCUT2D eigenvalue weighted by molar-refractivity contribution is 7.16. The van der Waals surface area contributed by atoms with Gasteiger partial charge < -0.3 is 5.32 Å². The minimum absolute atomic E-state index is 0.0430. The Labute approximate surface area is 125 Å². The summed E-state index contributed by atoms with van der Waals surface area (Å²) < 4.78 is 0.822. The van der Waals surface area contributed by atoms with Crippen LogP contribution in [0.3, 0.4) is 0 Å². The van der Waals surface area contributed by atoms with Gasteiger partial charge in [0.1, 0.15) is 5.69 Å². The number of anilines is 1. The Kier molecular flexibility index (Phi) is 3.53. The molecule has 0 spiro atoms. The Morgan fingerprint density at radius 1 is 1.33 bits per heavy atom. The monoisotopic (exact) mass is 299 g/mol. The summed E-state index contributed by atoms with van der Waals surface area (Å²) in [4.78, 5) is 15.1. The SMILES string of the molecule is Cc1cccc(CNc2ccc3scnc3c2[N+](=O)[O-])c1. The van der Waals surface area contributed by atoms with Gasteiger partial charge in [0.05, 0.1) is 15.1 Å². The molecular weight excluding hydrogens is 286 g/mol. The highest BCUT2D eigenvalue weighted by atomic mass is 32.1. The lowest BCUT2D eigenvalue weighted by Gasteiger charge is -2.08. The molecular formula is C15H13N3O2S. The number of nitrogens with zero attached hydrogens (tertiary/aromatic N) is 2. The number of nitrogens with one attached hydrogen (secondary N) is 1. The van der Waals surface area contributed by atoms with E-state index < -0.39 is 0 Å². The van der Waals surface area contributed by atoms with Crippen molar-refractivity contribution in [3.63, 3.8) is 0 Å². The van der Waals surface area contributed by atoms with Crippen molar-refractivity contribution in [1.29, 1.82) is 0 Å². The molecule has 0 aliphatic carbocycles. The molecule has 106 valence electrons. The van der Waals surface area contributed by atoms with Crippen LogP contribution in [0.5, 0.6) is 0 Å². The van der Waals surface area contributed by atoms with Crippen LogP contribution in [0.1, 0.15) is 11.1 Å². The Bertz CT molecular complexity index is 814. The van der Waals surface area contributed by atoms with Crippen molar-refractivity contribution in [3.8, 4) is 0 Å². The van der Waals surface area contributed by atoms with Gasteiger partial charge in [-0.25, -0.2) is 4.98 Å². The fourth-order valence-corrected chi connectivity index (χ4v) is 2.94. The van der Waals surface area contributed by atoms with Crippen molar-refractivity contribution >= 4 is 32.9 Å². The number of nitro benzene ring substituents is 1. The lowest BCUT2D eigenvalue weighted by molar-refractivity contribution is -0.382. The van der Waals surface area contributed by atoms with Crippen molar-refractivity contribution in [2.24, 2.45) is 0 Å². The summed E-state index contributed by atoms with van der Waals surface area (Å²) in [5, 5.41) is 14.5. The number of aryl methyl sites for hydroxylation is 1. The molecule has 0 saturated carbocycles. The van der Waals surface area contributed by atoms with Crippen LogP contribution in [-0.4, -0.2) is 9.91 Å². The molecule has 0 atom stereocenters. The molecule has 0 fully saturated rings. The Morgan fingerprint density at radius 3 is 2.95 bits per heavy atom. The minimum Gasteiger partial charge on any atom is -0.375 e. The normalized spacial score (nSPS) is 10.7. The Hall–Kier alpha value is -2.47. The lowest BCUT2D eigenvalue weighted by atomic mass is 10.1. The van der Waals surface area contributed by atoms with Gasteiger partial charge in [0, 0.05) is 6.54 Å². The molecule has 21 heavy (non-hydrogen) atoms. The summed E-state index contributed by atoms with van der Waals surface area (Å²) in [6.07, 6.45) is 0. The molecule has 5 nitrogen and oxygen atoms in total. The summed E-state index contributed by atoms with van der Waals surface area (Å²) in [5.74, 6) is 0. The standard InChI is InChI=1S/C15H13N3O2S/c1-10-3-2-4-11(7-10)8-16-12-5-6-13-14(17-9-21-13)15(12)18(19)20/h2-7,9,16H,8H2,1H3. The zero-order valence-corrected chi connectivity index (χ0v) is 12.2. The third-order valence-corrected chi connectivity index (χ3v) is 4.02. The fraction of sp³-hybridized carbons (Fsp3) is 0.133. The summed E-state index contributed by atoms with van der Waals surface area (Å²) in [6, 6.07) is 11.7. The predicted octanol–water partition coefficient (Wildman–Crippen LogP) is 4.13. The van der Waals surface area contributed by atoms with Gasteiger partial charge >= 0.3 is 5.69 Å². The van der Waals surface area contributed by atoms with Crippen LogP contribution in [0.15, 0.2) is 41.9 Å². The average molecular weight is 299 g/mol. The molecule has 0 bridgehead atoms. The molecule has 6 heteroatoms. The van der Waals surface area contributed by atoms with Gasteiger partial charge in [-0.15, -0.1) is 11.3 Å². The van der Waals surface area contributed by atoms with Crippen LogP contribution in [-0.2, 0) is 6.54 Å². The summed E-state index contributed by atoms with van der Waals surface area (Å²) in [6.45, 7) is 2.56. The second kappa shape index (κ2) is 5.49. The smallest absolute Gasteiger partial charge is 0.319 e. The number of fused-ring (bicyclic) bond motifs is 1. The van der Waals surface area contributed by atoms with Gasteiger partial charge in [-0.2, -0.15) is 0 Å². The van der Waals surface area contributed by atoms with Crippen LogP contribution in [0, 0.1) is 17.0 Å². The maximum Gasteiger partial charge on any atom is 0.319 e. The second-order valence-corrected chi connectivity index (χ2v) is 5.65. The molecule has 0 unspecified atom stereocenters. The first kappa shape index (κ1) is 13.5. The van der Waals surface area contributed by atoms with E-state index in [1.54, 1.807) is 11.6 Å². The quantitative estimate of drug-likeness (QED) is 0.581. The summed E-state index contributed by atoms with van der Waals surface area (Å²) in [7, 11) is 0. The first-order valence-electron chi connectivity index (χ1n) is 6.45. The largest absolute Gasteiger partial charge is 0.375 e. The van der Waals surface area contributed by atoms with Gasteiger partial charge in [-0.3, -0.25) is 10.1 Å². The highest BCUT2D eigenvalue weighted by Gasteiger charge is 2.20. The summed E-state index contributed by atoms with van der Waals surface area (Å²) >= 11 is 1.40. The predicted molar refractivity (Wildman–Crippen MR) is 84.8 cm³/mol. The summed E-state index contributed by atoms with van der Waals surface area (Å²) in [5.41, 5.74) is 4.86. The van der Waals surface area contributed by atoms with E-state index in [1.165, 1.54) is 16.9 Å². The van der Waals surface area contributed by atoms with Crippen LogP contribution in [0.2, 0.25) is 0 Å². The molecule has 0 aliphatic heterocycles. The maximum atomic E-state index is 11.3. The van der Waals surface area contributed by atoms with Crippen LogP contribution in [0.4, 0.5) is 11.4 Å². The van der Waals surface area contributed by atoms with Gasteiger partial charge in [-0.05, 0) is 24.6 Å². The van der Waals surface area contributed by atoms with E-state index in [0.717, 1.165) is 10.3 Å². The number of rotatable bonds is 4. The number of hydrogen-bond acceptors (Lipinski definition) is 5. The third kappa shape index (κ3) is 2.71. The molecule has 3 aromatic rings. The fourth-order valence-electron chi connectivity index (χ4n) is 2.26. The molecule has 2 aromatic carbocycles. The van der Waals surface area contributed by atoms with Crippen molar-refractivity contribution in [3.05, 3.63) is 63.1 Å². The number of thiazole rings is 1. The highest BCUT2D eigenvalue weighted by Crippen LogP contribution is 2.34. The average Bonchev–Trinajstić information content (AvgIpc) is 2.92. The topological polar surface area (TPSA) is 68.1 Å². The Balaban J connectivity index is 1.93. The number of nitro groups is 1. The van der Waals surface area contributed by atoms with Gasteiger partial charge in [-0.1, -0.05) is 29.8 Å². The van der Waals surface area contributed by atoms with E-state index in [4.69, 9.17) is 0 Å². The van der Waals surface area contributed by atoms with E-state index in [1.807, 2.05) is 31.2 Å². The van der Waals surface area contributed by atoms with Crippen molar-refractivity contribution in [1.82, 2.24) is 4.98 Å². The molecule has 0 aliphatic rings. The zero-order chi connectivity index (χ0) is 14.8. The molecule has 3 rings (SSSR count).